The van der Waals surface area contributed by atoms with Crippen molar-refractivity contribution in [2.45, 2.75) is 89.6 Å². The molecule has 29 heavy (non-hydrogen) atoms. The van der Waals surface area contributed by atoms with Crippen molar-refractivity contribution in [1.29, 1.82) is 0 Å². The Kier molecular flexibility index (Phi) is 7.90. The number of hydrogen-bond donors (Lipinski definition) is 2. The Morgan fingerprint density at radius 1 is 1.10 bits per heavy atom. The summed E-state index contributed by atoms with van der Waals surface area (Å²) >= 11 is 0. The molecule has 2 aliphatic rings. The monoisotopic (exact) mass is 410 g/mol. The van der Waals surface area contributed by atoms with Gasteiger partial charge in [-0.15, -0.1) is 0 Å². The van der Waals surface area contributed by atoms with Crippen LogP contribution in [0.1, 0.15) is 52.0 Å². The van der Waals surface area contributed by atoms with Gasteiger partial charge in [0.05, 0.1) is 19.8 Å². The molecule has 2 N–H and O–H groups in total. The Morgan fingerprint density at radius 3 is 2.55 bits per heavy atom. The van der Waals surface area contributed by atoms with E-state index >= 15 is 0 Å². The second kappa shape index (κ2) is 10.2. The average Bonchev–Trinajstić information content (AvgIpc) is 3.18. The second-order valence-corrected chi connectivity index (χ2v) is 8.15. The zero-order valence-corrected chi connectivity index (χ0v) is 17.6. The van der Waals surface area contributed by atoms with Gasteiger partial charge in [-0.05, 0) is 38.0 Å². The molecule has 2 heterocycles. The van der Waals surface area contributed by atoms with E-state index in [1.807, 2.05) is 38.1 Å². The summed E-state index contributed by atoms with van der Waals surface area (Å²) in [6, 6.07) is 7.79. The fourth-order valence-corrected chi connectivity index (χ4v) is 3.70. The first-order valence-electron chi connectivity index (χ1n) is 10.6. The summed E-state index contributed by atoms with van der Waals surface area (Å²) in [6.07, 6.45) is 1.32. The van der Waals surface area contributed by atoms with Crippen molar-refractivity contribution in [1.82, 2.24) is 0 Å². The molecule has 0 aromatic heterocycles. The van der Waals surface area contributed by atoms with Gasteiger partial charge in [0.25, 0.3) is 0 Å². The Labute approximate surface area is 172 Å². The molecule has 0 saturated carbocycles. The third kappa shape index (κ3) is 5.90. The molecule has 2 fully saturated rings. The fraction of sp³-hybridized carbons (Fsp3) is 0.727. The fourth-order valence-electron chi connectivity index (χ4n) is 3.70. The Hall–Kier alpha value is -1.22. The second-order valence-electron chi connectivity index (χ2n) is 8.15. The van der Waals surface area contributed by atoms with Crippen LogP contribution in [-0.2, 0) is 25.6 Å². The number of aliphatic hydroxyl groups is 2. The summed E-state index contributed by atoms with van der Waals surface area (Å²) in [6.45, 7) is 6.45. The number of aliphatic hydroxyl groups excluding tert-OH is 2. The van der Waals surface area contributed by atoms with Crippen LogP contribution in [0.3, 0.4) is 0 Å². The highest BCUT2D eigenvalue weighted by molar-refractivity contribution is 5.26. The van der Waals surface area contributed by atoms with Crippen LogP contribution in [0, 0.1) is 0 Å². The van der Waals surface area contributed by atoms with Crippen LogP contribution in [0.5, 0.6) is 5.75 Å². The van der Waals surface area contributed by atoms with E-state index in [2.05, 4.69) is 6.92 Å². The topological polar surface area (TPSA) is 86.6 Å². The van der Waals surface area contributed by atoms with Gasteiger partial charge in [0, 0.05) is 0 Å². The van der Waals surface area contributed by atoms with E-state index in [4.69, 9.17) is 23.7 Å². The molecular formula is C22H34O7. The number of ether oxygens (including phenoxy) is 5. The van der Waals surface area contributed by atoms with Crippen molar-refractivity contribution in [2.75, 3.05) is 13.2 Å². The number of unbranched alkanes of at least 4 members (excludes halogenated alkanes) is 3. The molecular weight excluding hydrogens is 376 g/mol. The standard InChI is InChI=1S/C22H34O7/c1-4-5-6-7-12-25-16-10-8-15(9-11-16)14-26-19-18(17(24)13-23)27-21-20(19)28-22(2,3)29-21/h8-11,17-21,23-24H,4-7,12-14H2,1-3H3. The highest BCUT2D eigenvalue weighted by atomic mass is 16.8. The summed E-state index contributed by atoms with van der Waals surface area (Å²) in [4.78, 5) is 0. The van der Waals surface area contributed by atoms with Crippen molar-refractivity contribution in [3.63, 3.8) is 0 Å². The first-order chi connectivity index (χ1) is 13.9. The Morgan fingerprint density at radius 2 is 1.86 bits per heavy atom. The van der Waals surface area contributed by atoms with Gasteiger partial charge in [-0.25, -0.2) is 0 Å². The summed E-state index contributed by atoms with van der Waals surface area (Å²) < 4.78 is 29.2. The van der Waals surface area contributed by atoms with Crippen LogP contribution in [-0.4, -0.2) is 59.9 Å². The third-order valence-electron chi connectivity index (χ3n) is 5.23. The van der Waals surface area contributed by atoms with Crippen LogP contribution >= 0.6 is 0 Å². The number of rotatable bonds is 11. The largest absolute Gasteiger partial charge is 0.494 e. The van der Waals surface area contributed by atoms with E-state index in [9.17, 15) is 10.2 Å². The van der Waals surface area contributed by atoms with Gasteiger partial charge in [-0.2, -0.15) is 0 Å². The predicted molar refractivity (Wildman–Crippen MR) is 106 cm³/mol. The molecule has 2 aliphatic heterocycles. The van der Waals surface area contributed by atoms with Gasteiger partial charge >= 0.3 is 0 Å². The summed E-state index contributed by atoms with van der Waals surface area (Å²) in [7, 11) is 0. The van der Waals surface area contributed by atoms with Crippen LogP contribution in [0.15, 0.2) is 24.3 Å². The average molecular weight is 411 g/mol. The van der Waals surface area contributed by atoms with Crippen LogP contribution in [0.4, 0.5) is 0 Å². The number of fused-ring (bicyclic) bond motifs is 1. The van der Waals surface area contributed by atoms with Crippen molar-refractivity contribution >= 4 is 0 Å². The minimum absolute atomic E-state index is 0.326. The number of benzene rings is 1. The normalized spacial score (nSPS) is 29.0. The van der Waals surface area contributed by atoms with Crippen LogP contribution in [0.2, 0.25) is 0 Å². The lowest BCUT2D eigenvalue weighted by molar-refractivity contribution is -0.232. The molecule has 5 unspecified atom stereocenters. The van der Waals surface area contributed by atoms with E-state index in [-0.39, 0.29) is 0 Å². The maximum atomic E-state index is 10.1. The molecule has 0 spiro atoms. The molecule has 1 aromatic carbocycles. The molecule has 7 nitrogen and oxygen atoms in total. The zero-order valence-electron chi connectivity index (χ0n) is 17.6. The zero-order chi connectivity index (χ0) is 20.9. The molecule has 1 aromatic rings. The highest BCUT2D eigenvalue weighted by Gasteiger charge is 2.56. The van der Waals surface area contributed by atoms with Gasteiger partial charge in [-0.3, -0.25) is 0 Å². The van der Waals surface area contributed by atoms with Crippen LogP contribution < -0.4 is 4.74 Å². The first kappa shape index (κ1) is 22.5. The van der Waals surface area contributed by atoms with E-state index in [0.29, 0.717) is 6.61 Å². The molecule has 0 aliphatic carbocycles. The van der Waals surface area contributed by atoms with E-state index < -0.39 is 43.1 Å². The minimum Gasteiger partial charge on any atom is -0.494 e. The molecule has 164 valence electrons. The smallest absolute Gasteiger partial charge is 0.190 e. The van der Waals surface area contributed by atoms with Crippen molar-refractivity contribution in [3.8, 4) is 5.75 Å². The van der Waals surface area contributed by atoms with E-state index in [1.54, 1.807) is 0 Å². The van der Waals surface area contributed by atoms with Crippen LogP contribution in [0.25, 0.3) is 0 Å². The van der Waals surface area contributed by atoms with Gasteiger partial charge in [0.1, 0.15) is 30.2 Å². The van der Waals surface area contributed by atoms with Crippen molar-refractivity contribution < 1.29 is 33.9 Å². The first-order valence-corrected chi connectivity index (χ1v) is 10.6. The molecule has 0 radical (unpaired) electrons. The lowest BCUT2D eigenvalue weighted by Crippen LogP contribution is -2.44. The van der Waals surface area contributed by atoms with Gasteiger partial charge < -0.3 is 33.9 Å². The van der Waals surface area contributed by atoms with Gasteiger partial charge in [0.15, 0.2) is 12.1 Å². The quantitative estimate of drug-likeness (QED) is 0.543. The number of hydrogen-bond acceptors (Lipinski definition) is 7. The van der Waals surface area contributed by atoms with E-state index in [0.717, 1.165) is 24.3 Å². The lowest BCUT2D eigenvalue weighted by atomic mass is 10.1. The summed E-state index contributed by atoms with van der Waals surface area (Å²) in [5, 5.41) is 19.4. The molecule has 2 saturated heterocycles. The molecule has 0 bridgehead atoms. The van der Waals surface area contributed by atoms with E-state index in [1.165, 1.54) is 19.3 Å². The SMILES string of the molecule is CCCCCCOc1ccc(COC2C(C(O)CO)OC3OC(C)(C)OC32)cc1. The highest BCUT2D eigenvalue weighted by Crippen LogP contribution is 2.39. The molecule has 7 heteroatoms. The molecule has 3 rings (SSSR count). The Bertz CT molecular complexity index is 618. The molecule has 5 atom stereocenters. The van der Waals surface area contributed by atoms with Gasteiger partial charge in [-0.1, -0.05) is 38.3 Å². The lowest BCUT2D eigenvalue weighted by Gasteiger charge is -2.28. The van der Waals surface area contributed by atoms with Crippen molar-refractivity contribution in [3.05, 3.63) is 29.8 Å². The van der Waals surface area contributed by atoms with Crippen molar-refractivity contribution in [2.24, 2.45) is 0 Å². The summed E-state index contributed by atoms with van der Waals surface area (Å²) in [5.41, 5.74) is 0.974. The minimum atomic E-state index is -1.07. The maximum absolute atomic E-state index is 10.1. The Balaban J connectivity index is 1.53. The molecule has 0 amide bonds. The maximum Gasteiger partial charge on any atom is 0.190 e. The predicted octanol–water partition coefficient (Wildman–Crippen LogP) is 2.76. The summed E-state index contributed by atoms with van der Waals surface area (Å²) in [5.74, 6) is 0.0692. The third-order valence-corrected chi connectivity index (χ3v) is 5.23. The van der Waals surface area contributed by atoms with Gasteiger partial charge in [0.2, 0.25) is 0 Å².